The Bertz CT molecular complexity index is 911. The summed E-state index contributed by atoms with van der Waals surface area (Å²) in [4.78, 5) is 10.4. The number of ether oxygens (including phenoxy) is 2. The second kappa shape index (κ2) is 6.98. The maximum absolute atomic E-state index is 12.9. The van der Waals surface area contributed by atoms with Crippen molar-refractivity contribution in [1.82, 2.24) is 0 Å². The zero-order valence-electron chi connectivity index (χ0n) is 14.2. The first-order chi connectivity index (χ1) is 11.7. The molecular weight excluding hydrogens is 348 g/mol. The predicted octanol–water partition coefficient (Wildman–Crippen LogP) is 2.75. The van der Waals surface area contributed by atoms with E-state index in [1.807, 2.05) is 0 Å². The van der Waals surface area contributed by atoms with E-state index in [1.54, 1.807) is 6.92 Å². The highest BCUT2D eigenvalue weighted by Gasteiger charge is 2.25. The van der Waals surface area contributed by atoms with Crippen LogP contribution in [0.25, 0.3) is 0 Å². The second-order valence-corrected chi connectivity index (χ2v) is 7.19. The molecule has 0 aliphatic heterocycles. The Morgan fingerprint density at radius 2 is 1.68 bits per heavy atom. The molecule has 9 heteroatoms. The van der Waals surface area contributed by atoms with Crippen molar-refractivity contribution in [2.45, 2.75) is 11.8 Å². The topological polar surface area (TPSA) is 99.0 Å². The maximum Gasteiger partial charge on any atom is 0.271 e. The van der Waals surface area contributed by atoms with Gasteiger partial charge in [0.05, 0.1) is 29.7 Å². The zero-order chi connectivity index (χ0) is 18.8. The van der Waals surface area contributed by atoms with Crippen molar-refractivity contribution in [3.05, 3.63) is 52.1 Å². The number of non-ortho nitro benzene ring substituents is 1. The minimum absolute atomic E-state index is 0.0152. The van der Waals surface area contributed by atoms with E-state index >= 15 is 0 Å². The summed E-state index contributed by atoms with van der Waals surface area (Å²) < 4.78 is 37.0. The third-order valence-electron chi connectivity index (χ3n) is 3.76. The summed E-state index contributed by atoms with van der Waals surface area (Å²) in [6.45, 7) is 1.68. The van der Waals surface area contributed by atoms with Crippen LogP contribution >= 0.6 is 0 Å². The number of nitro groups is 1. The van der Waals surface area contributed by atoms with E-state index in [0.29, 0.717) is 11.3 Å². The van der Waals surface area contributed by atoms with Gasteiger partial charge in [-0.25, -0.2) is 8.42 Å². The smallest absolute Gasteiger partial charge is 0.271 e. The van der Waals surface area contributed by atoms with Crippen molar-refractivity contribution >= 4 is 21.4 Å². The summed E-state index contributed by atoms with van der Waals surface area (Å²) in [5.74, 6) is 0.670. The van der Waals surface area contributed by atoms with E-state index in [0.717, 1.165) is 4.31 Å². The minimum atomic E-state index is -3.94. The average Bonchev–Trinajstić information content (AvgIpc) is 2.60. The van der Waals surface area contributed by atoms with Crippen molar-refractivity contribution in [2.24, 2.45) is 0 Å². The van der Waals surface area contributed by atoms with Gasteiger partial charge in [0.15, 0.2) is 11.5 Å². The molecule has 0 saturated carbocycles. The van der Waals surface area contributed by atoms with Crippen molar-refractivity contribution in [2.75, 3.05) is 25.6 Å². The molecule has 0 unspecified atom stereocenters. The van der Waals surface area contributed by atoms with Crippen molar-refractivity contribution in [3.63, 3.8) is 0 Å². The van der Waals surface area contributed by atoms with E-state index in [9.17, 15) is 18.5 Å². The van der Waals surface area contributed by atoms with Gasteiger partial charge in [-0.3, -0.25) is 14.4 Å². The van der Waals surface area contributed by atoms with E-state index in [-0.39, 0.29) is 22.0 Å². The van der Waals surface area contributed by atoms with Crippen LogP contribution in [0.5, 0.6) is 11.5 Å². The lowest BCUT2D eigenvalue weighted by Crippen LogP contribution is -2.27. The number of hydrogen-bond acceptors (Lipinski definition) is 6. The SMILES string of the molecule is COc1ccc(S(=O)(=O)N(C)c2cc([N+](=O)[O-])ccc2C)cc1OC. The molecule has 134 valence electrons. The molecule has 0 spiro atoms. The second-order valence-electron chi connectivity index (χ2n) is 5.22. The Labute approximate surface area is 145 Å². The van der Waals surface area contributed by atoms with Gasteiger partial charge in [0.1, 0.15) is 0 Å². The Hall–Kier alpha value is -2.81. The molecule has 0 radical (unpaired) electrons. The molecule has 2 aromatic rings. The molecule has 0 fully saturated rings. The van der Waals surface area contributed by atoms with E-state index < -0.39 is 14.9 Å². The van der Waals surface area contributed by atoms with Crippen LogP contribution in [0.15, 0.2) is 41.3 Å². The van der Waals surface area contributed by atoms with Gasteiger partial charge < -0.3 is 9.47 Å². The highest BCUT2D eigenvalue weighted by molar-refractivity contribution is 7.92. The highest BCUT2D eigenvalue weighted by atomic mass is 32.2. The summed E-state index contributed by atoms with van der Waals surface area (Å²) in [6, 6.07) is 8.29. The Morgan fingerprint density at radius 1 is 1.04 bits per heavy atom. The number of rotatable bonds is 6. The van der Waals surface area contributed by atoms with Crippen LogP contribution in [0, 0.1) is 17.0 Å². The third kappa shape index (κ3) is 3.50. The van der Waals surface area contributed by atoms with Crippen LogP contribution in [0.1, 0.15) is 5.56 Å². The Kier molecular flexibility index (Phi) is 5.17. The molecular formula is C16H18N2O6S. The molecule has 0 bridgehead atoms. The lowest BCUT2D eigenvalue weighted by Gasteiger charge is -2.21. The van der Waals surface area contributed by atoms with Crippen LogP contribution in [0.2, 0.25) is 0 Å². The molecule has 0 aliphatic rings. The van der Waals surface area contributed by atoms with Crippen molar-refractivity contribution < 1.29 is 22.8 Å². The van der Waals surface area contributed by atoms with E-state index in [2.05, 4.69) is 0 Å². The summed E-state index contributed by atoms with van der Waals surface area (Å²) in [5.41, 5.74) is 0.635. The fourth-order valence-corrected chi connectivity index (χ4v) is 3.58. The zero-order valence-corrected chi connectivity index (χ0v) is 15.0. The number of benzene rings is 2. The number of nitrogens with zero attached hydrogens (tertiary/aromatic N) is 2. The number of sulfonamides is 1. The van der Waals surface area contributed by atoms with Gasteiger partial charge in [-0.1, -0.05) is 6.07 Å². The molecule has 8 nitrogen and oxygen atoms in total. The van der Waals surface area contributed by atoms with Gasteiger partial charge in [-0.15, -0.1) is 0 Å². The molecule has 0 aliphatic carbocycles. The molecule has 2 aromatic carbocycles. The first-order valence-electron chi connectivity index (χ1n) is 7.18. The molecule has 0 atom stereocenters. The van der Waals surface area contributed by atoms with E-state index in [4.69, 9.17) is 9.47 Å². The van der Waals surface area contributed by atoms with E-state index in [1.165, 1.54) is 57.7 Å². The Morgan fingerprint density at radius 3 is 2.24 bits per heavy atom. The van der Waals surface area contributed by atoms with Gasteiger partial charge in [0.2, 0.25) is 0 Å². The predicted molar refractivity (Wildman–Crippen MR) is 93.0 cm³/mol. The summed E-state index contributed by atoms with van der Waals surface area (Å²) >= 11 is 0. The van der Waals surface area contributed by atoms with Gasteiger partial charge >= 0.3 is 0 Å². The van der Waals surface area contributed by atoms with Crippen LogP contribution in [-0.2, 0) is 10.0 Å². The minimum Gasteiger partial charge on any atom is -0.493 e. The van der Waals surface area contributed by atoms with Gasteiger partial charge in [0.25, 0.3) is 15.7 Å². The molecule has 0 aromatic heterocycles. The number of hydrogen-bond donors (Lipinski definition) is 0. The fraction of sp³-hybridized carbons (Fsp3) is 0.250. The highest BCUT2D eigenvalue weighted by Crippen LogP contribution is 2.33. The normalized spacial score (nSPS) is 11.0. The van der Waals surface area contributed by atoms with Crippen LogP contribution in [0.4, 0.5) is 11.4 Å². The van der Waals surface area contributed by atoms with Crippen LogP contribution in [0.3, 0.4) is 0 Å². The lowest BCUT2D eigenvalue weighted by molar-refractivity contribution is -0.384. The molecule has 0 saturated heterocycles. The lowest BCUT2D eigenvalue weighted by atomic mass is 10.2. The van der Waals surface area contributed by atoms with Gasteiger partial charge in [-0.05, 0) is 24.6 Å². The van der Waals surface area contributed by atoms with Gasteiger partial charge in [0, 0.05) is 25.2 Å². The van der Waals surface area contributed by atoms with Crippen LogP contribution in [-0.4, -0.2) is 34.6 Å². The number of aryl methyl sites for hydroxylation is 1. The number of anilines is 1. The molecule has 0 N–H and O–H groups in total. The standard InChI is InChI=1S/C16H18N2O6S/c1-11-5-6-12(18(19)20)9-14(11)17(2)25(21,22)13-7-8-15(23-3)16(10-13)24-4/h5-10H,1-4H3. The van der Waals surface area contributed by atoms with Crippen molar-refractivity contribution in [3.8, 4) is 11.5 Å². The van der Waals surface area contributed by atoms with Crippen molar-refractivity contribution in [1.29, 1.82) is 0 Å². The summed E-state index contributed by atoms with van der Waals surface area (Å²) in [7, 11) is 0.260. The largest absolute Gasteiger partial charge is 0.493 e. The summed E-state index contributed by atoms with van der Waals surface area (Å²) in [5, 5.41) is 11.0. The summed E-state index contributed by atoms with van der Waals surface area (Å²) in [6.07, 6.45) is 0. The first kappa shape index (κ1) is 18.5. The van der Waals surface area contributed by atoms with Crippen LogP contribution < -0.4 is 13.8 Å². The molecule has 0 heterocycles. The Balaban J connectivity index is 2.53. The van der Waals surface area contributed by atoms with Gasteiger partial charge in [-0.2, -0.15) is 0 Å². The monoisotopic (exact) mass is 366 g/mol. The number of methoxy groups -OCH3 is 2. The average molecular weight is 366 g/mol. The first-order valence-corrected chi connectivity index (χ1v) is 8.62. The molecule has 25 heavy (non-hydrogen) atoms. The quantitative estimate of drug-likeness (QED) is 0.576. The molecule has 2 rings (SSSR count). The third-order valence-corrected chi connectivity index (χ3v) is 5.52. The maximum atomic E-state index is 12.9. The fourth-order valence-electron chi connectivity index (χ4n) is 2.32. The number of nitro benzene ring substituents is 1. The molecule has 0 amide bonds.